The molecule has 3 aliphatic rings. The number of carboxylic acid groups (broad SMARTS) is 2. The Morgan fingerprint density at radius 1 is 1.07 bits per heavy atom. The molecule has 30 heavy (non-hydrogen) atoms. The molecule has 1 aromatic heterocycles. The number of thiophene rings is 1. The van der Waals surface area contributed by atoms with E-state index in [2.05, 4.69) is 21.9 Å². The van der Waals surface area contributed by atoms with Gasteiger partial charge in [-0.3, -0.25) is 19.4 Å². The summed E-state index contributed by atoms with van der Waals surface area (Å²) in [5.74, 6) is 0.601. The van der Waals surface area contributed by atoms with Gasteiger partial charge in [-0.2, -0.15) is 0 Å². The van der Waals surface area contributed by atoms with Crippen LogP contribution in [0, 0.1) is 11.3 Å². The van der Waals surface area contributed by atoms with Crippen molar-refractivity contribution in [1.82, 2.24) is 9.80 Å². The van der Waals surface area contributed by atoms with E-state index in [1.807, 2.05) is 11.3 Å². The zero-order valence-corrected chi connectivity index (χ0v) is 18.3. The summed E-state index contributed by atoms with van der Waals surface area (Å²) in [6, 6.07) is 4.64. The standard InChI is InChI=1S/C19H30N2O2S.2CH2O2/c22-14-19-13-21(10-16(19)6-9-23-15-19)12-18-5-4-17(24-18)11-20-7-2-1-3-8-20;2*2-1-3/h4-5,16,22H,1-3,6-15H2;2*1H,(H,2,3)/t16-,19+;;/m0../s1. The fraction of sp³-hybridized carbons (Fsp3) is 0.714. The second-order valence-corrected chi connectivity index (χ2v) is 9.40. The van der Waals surface area contributed by atoms with Crippen LogP contribution in [0.1, 0.15) is 35.4 Å². The van der Waals surface area contributed by atoms with Crippen LogP contribution in [-0.2, 0) is 27.4 Å². The quantitative estimate of drug-likeness (QED) is 0.594. The van der Waals surface area contributed by atoms with Crippen LogP contribution in [0.4, 0.5) is 0 Å². The van der Waals surface area contributed by atoms with E-state index in [-0.39, 0.29) is 25.0 Å². The molecular weight excluding hydrogens is 408 g/mol. The summed E-state index contributed by atoms with van der Waals surface area (Å²) in [4.78, 5) is 24.8. The number of piperidine rings is 1. The predicted molar refractivity (Wildman–Crippen MR) is 115 cm³/mol. The molecule has 3 fully saturated rings. The van der Waals surface area contributed by atoms with Gasteiger partial charge >= 0.3 is 0 Å². The predicted octanol–water partition coefficient (Wildman–Crippen LogP) is 1.97. The minimum atomic E-state index is -0.250. The Bertz CT molecular complexity index is 631. The van der Waals surface area contributed by atoms with Crippen LogP contribution in [-0.4, -0.2) is 84.1 Å². The van der Waals surface area contributed by atoms with Crippen LogP contribution >= 0.6 is 11.3 Å². The van der Waals surface area contributed by atoms with Crippen molar-refractivity contribution < 1.29 is 29.6 Å². The van der Waals surface area contributed by atoms with Gasteiger partial charge in [-0.15, -0.1) is 11.3 Å². The number of likely N-dealkylation sites (tertiary alicyclic amines) is 2. The third kappa shape index (κ3) is 7.02. The minimum absolute atomic E-state index is 0.00780. The van der Waals surface area contributed by atoms with Crippen molar-refractivity contribution in [3.63, 3.8) is 0 Å². The van der Waals surface area contributed by atoms with Gasteiger partial charge in [-0.05, 0) is 50.4 Å². The van der Waals surface area contributed by atoms with Crippen LogP contribution in [0.15, 0.2) is 12.1 Å². The summed E-state index contributed by atoms with van der Waals surface area (Å²) in [6.45, 7) is 8.13. The highest BCUT2D eigenvalue weighted by Gasteiger charge is 2.47. The molecule has 3 N–H and O–H groups in total. The van der Waals surface area contributed by atoms with Crippen molar-refractivity contribution in [3.8, 4) is 0 Å². The molecule has 4 heterocycles. The summed E-state index contributed by atoms with van der Waals surface area (Å²) in [6.07, 6.45) is 5.22. The van der Waals surface area contributed by atoms with Crippen molar-refractivity contribution in [2.75, 3.05) is 46.0 Å². The van der Waals surface area contributed by atoms with Gasteiger partial charge < -0.3 is 20.1 Å². The number of rotatable bonds is 5. The van der Waals surface area contributed by atoms with Crippen molar-refractivity contribution in [3.05, 3.63) is 21.9 Å². The summed E-state index contributed by atoms with van der Waals surface area (Å²) in [5, 5.41) is 23.7. The molecule has 0 aromatic carbocycles. The lowest BCUT2D eigenvalue weighted by Crippen LogP contribution is -2.42. The lowest BCUT2D eigenvalue weighted by atomic mass is 9.76. The van der Waals surface area contributed by atoms with Gasteiger partial charge in [-0.25, -0.2) is 0 Å². The zero-order valence-electron chi connectivity index (χ0n) is 17.4. The largest absolute Gasteiger partial charge is 0.483 e. The lowest BCUT2D eigenvalue weighted by molar-refractivity contribution is -0.123. The molecule has 0 unspecified atom stereocenters. The number of ether oxygens (including phenoxy) is 1. The summed E-state index contributed by atoms with van der Waals surface area (Å²) < 4.78 is 5.68. The van der Waals surface area contributed by atoms with Gasteiger partial charge in [0.05, 0.1) is 13.2 Å². The Hall–Kier alpha value is -1.52. The molecule has 9 heteroatoms. The highest BCUT2D eigenvalue weighted by molar-refractivity contribution is 7.11. The van der Waals surface area contributed by atoms with Gasteiger partial charge in [-0.1, -0.05) is 6.42 Å². The van der Waals surface area contributed by atoms with E-state index < -0.39 is 0 Å². The number of hydrogen-bond acceptors (Lipinski definition) is 7. The molecule has 3 aliphatic heterocycles. The maximum atomic E-state index is 9.91. The second-order valence-electron chi connectivity index (χ2n) is 8.14. The Labute approximate surface area is 182 Å². The molecule has 0 aliphatic carbocycles. The fourth-order valence-corrected chi connectivity index (χ4v) is 5.81. The molecule has 0 radical (unpaired) electrons. The van der Waals surface area contributed by atoms with E-state index in [1.54, 1.807) is 0 Å². The topological polar surface area (TPSA) is 111 Å². The van der Waals surface area contributed by atoms with Gasteiger partial charge in [0.25, 0.3) is 12.9 Å². The van der Waals surface area contributed by atoms with Crippen molar-refractivity contribution >= 4 is 24.3 Å². The first-order valence-corrected chi connectivity index (χ1v) is 11.3. The Morgan fingerprint density at radius 2 is 1.67 bits per heavy atom. The number of aliphatic hydroxyl groups is 1. The number of carbonyl (C=O) groups is 2. The molecule has 0 spiro atoms. The Morgan fingerprint density at radius 3 is 2.23 bits per heavy atom. The lowest BCUT2D eigenvalue weighted by Gasteiger charge is -2.36. The number of aliphatic hydroxyl groups excluding tert-OH is 1. The van der Waals surface area contributed by atoms with E-state index in [4.69, 9.17) is 24.5 Å². The van der Waals surface area contributed by atoms with Crippen LogP contribution < -0.4 is 0 Å². The monoisotopic (exact) mass is 442 g/mol. The molecule has 0 bridgehead atoms. The average Bonchev–Trinajstić information content (AvgIpc) is 3.34. The first kappa shape index (κ1) is 24.7. The normalized spacial score (nSPS) is 26.5. The molecule has 0 saturated carbocycles. The van der Waals surface area contributed by atoms with Gasteiger partial charge in [0.1, 0.15) is 0 Å². The van der Waals surface area contributed by atoms with Gasteiger partial charge in [0.2, 0.25) is 0 Å². The Kier molecular flexibility index (Phi) is 10.7. The molecule has 1 aromatic rings. The maximum Gasteiger partial charge on any atom is 0.290 e. The maximum absolute atomic E-state index is 9.91. The van der Waals surface area contributed by atoms with Crippen LogP contribution in [0.25, 0.3) is 0 Å². The zero-order chi connectivity index (χ0) is 21.8. The van der Waals surface area contributed by atoms with Crippen molar-refractivity contribution in [2.45, 2.75) is 38.8 Å². The molecule has 8 nitrogen and oxygen atoms in total. The molecule has 170 valence electrons. The molecule has 2 atom stereocenters. The first-order valence-electron chi connectivity index (χ1n) is 10.5. The summed E-state index contributed by atoms with van der Waals surface area (Å²) in [5.41, 5.74) is -0.00780. The van der Waals surface area contributed by atoms with E-state index >= 15 is 0 Å². The smallest absolute Gasteiger partial charge is 0.290 e. The third-order valence-corrected chi connectivity index (χ3v) is 7.18. The first-order chi connectivity index (χ1) is 14.6. The van der Waals surface area contributed by atoms with Crippen LogP contribution in [0.2, 0.25) is 0 Å². The highest BCUT2D eigenvalue weighted by atomic mass is 32.1. The molecule has 4 rings (SSSR count). The fourth-order valence-electron chi connectivity index (χ4n) is 4.70. The van der Waals surface area contributed by atoms with Crippen molar-refractivity contribution in [2.24, 2.45) is 11.3 Å². The second kappa shape index (κ2) is 13.0. The van der Waals surface area contributed by atoms with Gasteiger partial charge in [0, 0.05) is 48.0 Å². The third-order valence-electron chi connectivity index (χ3n) is 6.12. The van der Waals surface area contributed by atoms with Gasteiger partial charge in [0.15, 0.2) is 0 Å². The number of hydrogen-bond donors (Lipinski definition) is 3. The van der Waals surface area contributed by atoms with E-state index in [9.17, 15) is 5.11 Å². The highest BCUT2D eigenvalue weighted by Crippen LogP contribution is 2.41. The number of fused-ring (bicyclic) bond motifs is 1. The summed E-state index contributed by atoms with van der Waals surface area (Å²) >= 11 is 1.98. The van der Waals surface area contributed by atoms with Crippen molar-refractivity contribution in [1.29, 1.82) is 0 Å². The minimum Gasteiger partial charge on any atom is -0.483 e. The SMILES string of the molecule is O=CO.O=CO.OC[C@]12COCC[C@H]1CN(Cc1ccc(CN3CCCCC3)s1)C2. The van der Waals surface area contributed by atoms with E-state index in [0.29, 0.717) is 5.92 Å². The molecular formula is C21H34N2O6S. The average molecular weight is 443 g/mol. The van der Waals surface area contributed by atoms with E-state index in [1.165, 1.54) is 42.1 Å². The van der Waals surface area contributed by atoms with E-state index in [0.717, 1.165) is 45.8 Å². The number of nitrogens with zero attached hydrogens (tertiary/aromatic N) is 2. The molecule has 3 saturated heterocycles. The van der Waals surface area contributed by atoms with Crippen LogP contribution in [0.5, 0.6) is 0 Å². The summed E-state index contributed by atoms with van der Waals surface area (Å²) in [7, 11) is 0. The Balaban J connectivity index is 0.000000480. The molecule has 0 amide bonds. The van der Waals surface area contributed by atoms with Crippen LogP contribution in [0.3, 0.4) is 0 Å².